The van der Waals surface area contributed by atoms with Gasteiger partial charge in [-0.05, 0) is 68.6 Å². The third kappa shape index (κ3) is 5.53. The molecule has 0 bridgehead atoms. The summed E-state index contributed by atoms with van der Waals surface area (Å²) in [6.45, 7) is 8.65. The largest absolute Gasteiger partial charge is 0.481 e. The van der Waals surface area contributed by atoms with Crippen molar-refractivity contribution in [3.05, 3.63) is 44.8 Å². The van der Waals surface area contributed by atoms with Crippen LogP contribution in [-0.4, -0.2) is 47.7 Å². The Kier molecular flexibility index (Phi) is 11.1. The smallest absolute Gasteiger partial charge is 0.319 e. The molecule has 2 aliphatic rings. The lowest BCUT2D eigenvalue weighted by Gasteiger charge is -2.39. The van der Waals surface area contributed by atoms with Crippen molar-refractivity contribution in [3.8, 4) is 0 Å². The number of carboxylic acids is 1. The SMILES string of the molecule is CCOC(=O)C1(c2cccs2)CCCC1N(CC)CC.Cl.O=C(O)C1(c2cccs2)CCCC1. The van der Waals surface area contributed by atoms with Gasteiger partial charge >= 0.3 is 11.9 Å². The minimum absolute atomic E-state index is 0. The number of ether oxygens (including phenoxy) is 1. The fraction of sp³-hybridized carbons (Fsp3) is 0.615. The van der Waals surface area contributed by atoms with Gasteiger partial charge < -0.3 is 9.84 Å². The number of thiophene rings is 2. The quantitative estimate of drug-likeness (QED) is 0.396. The van der Waals surface area contributed by atoms with E-state index in [2.05, 4.69) is 30.2 Å². The minimum atomic E-state index is -0.646. The number of nitrogens with zero attached hydrogens (tertiary/aromatic N) is 1. The highest BCUT2D eigenvalue weighted by Gasteiger charge is 2.53. The van der Waals surface area contributed by atoms with E-state index in [1.54, 1.807) is 22.7 Å². The Morgan fingerprint density at radius 3 is 2.06 bits per heavy atom. The lowest BCUT2D eigenvalue weighted by Crippen LogP contribution is -2.52. The summed E-state index contributed by atoms with van der Waals surface area (Å²) >= 11 is 3.25. The van der Waals surface area contributed by atoms with Gasteiger partial charge in [-0.15, -0.1) is 35.1 Å². The van der Waals surface area contributed by atoms with Crippen LogP contribution >= 0.6 is 35.1 Å². The van der Waals surface area contributed by atoms with Gasteiger partial charge in [0, 0.05) is 15.8 Å². The van der Waals surface area contributed by atoms with Crippen molar-refractivity contribution in [2.75, 3.05) is 19.7 Å². The summed E-state index contributed by atoms with van der Waals surface area (Å²) in [6.07, 6.45) is 6.80. The van der Waals surface area contributed by atoms with E-state index in [0.29, 0.717) is 6.61 Å². The molecule has 4 rings (SSSR count). The molecular formula is C26H38ClNO4S2. The van der Waals surface area contributed by atoms with E-state index in [9.17, 15) is 14.7 Å². The second-order valence-corrected chi connectivity index (χ2v) is 10.8. The van der Waals surface area contributed by atoms with E-state index in [4.69, 9.17) is 4.74 Å². The zero-order valence-electron chi connectivity index (χ0n) is 20.5. The second-order valence-electron chi connectivity index (χ2n) is 8.87. The Hall–Kier alpha value is -1.41. The number of esters is 1. The zero-order valence-corrected chi connectivity index (χ0v) is 22.9. The summed E-state index contributed by atoms with van der Waals surface area (Å²) in [4.78, 5) is 28.6. The molecule has 2 aromatic rings. The molecule has 2 fully saturated rings. The molecule has 2 unspecified atom stereocenters. The molecule has 190 valence electrons. The predicted molar refractivity (Wildman–Crippen MR) is 143 cm³/mol. The monoisotopic (exact) mass is 527 g/mol. The molecule has 0 saturated heterocycles. The van der Waals surface area contributed by atoms with E-state index >= 15 is 0 Å². The number of hydrogen-bond acceptors (Lipinski definition) is 6. The maximum Gasteiger partial charge on any atom is 0.319 e. The predicted octanol–water partition coefficient (Wildman–Crippen LogP) is 6.51. The van der Waals surface area contributed by atoms with Crippen LogP contribution in [0.5, 0.6) is 0 Å². The van der Waals surface area contributed by atoms with Gasteiger partial charge in [-0.2, -0.15) is 0 Å². The molecule has 2 atom stereocenters. The topological polar surface area (TPSA) is 66.8 Å². The highest BCUT2D eigenvalue weighted by molar-refractivity contribution is 7.10. The van der Waals surface area contributed by atoms with E-state index in [1.165, 1.54) is 4.88 Å². The van der Waals surface area contributed by atoms with Gasteiger partial charge in [-0.3, -0.25) is 14.5 Å². The first kappa shape index (κ1) is 28.8. The number of halogens is 1. The summed E-state index contributed by atoms with van der Waals surface area (Å²) in [7, 11) is 0. The van der Waals surface area contributed by atoms with Crippen LogP contribution in [0.25, 0.3) is 0 Å². The number of likely N-dealkylation sites (N-methyl/N-ethyl adjacent to an activating group) is 1. The van der Waals surface area contributed by atoms with Gasteiger partial charge in [0.1, 0.15) is 10.8 Å². The molecule has 2 aliphatic carbocycles. The minimum Gasteiger partial charge on any atom is -0.481 e. The summed E-state index contributed by atoms with van der Waals surface area (Å²) in [5.74, 6) is -0.677. The van der Waals surface area contributed by atoms with Crippen LogP contribution in [-0.2, 0) is 25.2 Å². The van der Waals surface area contributed by atoms with Crippen LogP contribution in [0.2, 0.25) is 0 Å². The standard InChI is InChI=1S/C16H25NO2S.C10H12O2S.ClH/c1-4-17(5-2)13-9-7-11-16(13,15(18)19-6-3)14-10-8-12-20-14;11-9(12)10(5-1-2-6-10)8-4-3-7-13-8;/h8,10,12-13H,4-7,9,11H2,1-3H3;3-4,7H,1-2,5-6H2,(H,11,12);1H. The lowest BCUT2D eigenvalue weighted by atomic mass is 9.80. The Morgan fingerprint density at radius 1 is 1.00 bits per heavy atom. The summed E-state index contributed by atoms with van der Waals surface area (Å²) in [6, 6.07) is 8.30. The van der Waals surface area contributed by atoms with E-state index in [-0.39, 0.29) is 24.4 Å². The Balaban J connectivity index is 0.000000253. The molecule has 0 radical (unpaired) electrons. The van der Waals surface area contributed by atoms with Gasteiger partial charge in [-0.1, -0.05) is 45.2 Å². The molecule has 2 aromatic heterocycles. The molecule has 2 heterocycles. The van der Waals surface area contributed by atoms with Gasteiger partial charge in [0.15, 0.2) is 0 Å². The van der Waals surface area contributed by atoms with Crippen LogP contribution in [0.1, 0.15) is 75.5 Å². The third-order valence-electron chi connectivity index (χ3n) is 7.33. The van der Waals surface area contributed by atoms with Crippen molar-refractivity contribution in [1.29, 1.82) is 0 Å². The van der Waals surface area contributed by atoms with Crippen LogP contribution in [0, 0.1) is 0 Å². The van der Waals surface area contributed by atoms with Crippen LogP contribution in [0.15, 0.2) is 35.0 Å². The molecule has 8 heteroatoms. The van der Waals surface area contributed by atoms with Gasteiger partial charge in [-0.25, -0.2) is 0 Å². The number of aliphatic carboxylic acids is 1. The first-order chi connectivity index (χ1) is 16.0. The summed E-state index contributed by atoms with van der Waals surface area (Å²) < 4.78 is 5.46. The van der Waals surface area contributed by atoms with Crippen LogP contribution in [0.4, 0.5) is 0 Å². The number of carboxylic acid groups (broad SMARTS) is 1. The molecule has 1 N–H and O–H groups in total. The van der Waals surface area contributed by atoms with Crippen LogP contribution in [0.3, 0.4) is 0 Å². The summed E-state index contributed by atoms with van der Waals surface area (Å²) in [5.41, 5.74) is -0.996. The number of carbonyl (C=O) groups excluding carboxylic acids is 1. The molecule has 34 heavy (non-hydrogen) atoms. The molecular weight excluding hydrogens is 490 g/mol. The summed E-state index contributed by atoms with van der Waals surface area (Å²) in [5, 5.41) is 13.3. The van der Waals surface area contributed by atoms with Crippen molar-refractivity contribution in [1.82, 2.24) is 4.90 Å². The first-order valence-electron chi connectivity index (χ1n) is 12.2. The highest BCUT2D eigenvalue weighted by Crippen LogP contribution is 2.47. The molecule has 0 aliphatic heterocycles. The Bertz CT molecular complexity index is 877. The average molecular weight is 528 g/mol. The number of hydrogen-bond donors (Lipinski definition) is 1. The van der Waals surface area contributed by atoms with Crippen molar-refractivity contribution in [2.45, 2.75) is 82.6 Å². The maximum atomic E-state index is 12.8. The Morgan fingerprint density at radius 2 is 1.59 bits per heavy atom. The van der Waals surface area contributed by atoms with Crippen LogP contribution < -0.4 is 0 Å². The Labute approximate surface area is 217 Å². The first-order valence-corrected chi connectivity index (χ1v) is 13.9. The number of rotatable bonds is 8. The highest BCUT2D eigenvalue weighted by atomic mass is 35.5. The molecule has 2 saturated carbocycles. The van der Waals surface area contributed by atoms with Crippen molar-refractivity contribution < 1.29 is 19.4 Å². The van der Waals surface area contributed by atoms with Crippen molar-refractivity contribution >= 4 is 47.0 Å². The van der Waals surface area contributed by atoms with E-state index in [1.807, 2.05) is 30.5 Å². The maximum absolute atomic E-state index is 12.8. The molecule has 0 spiro atoms. The van der Waals surface area contributed by atoms with Gasteiger partial charge in [0.05, 0.1) is 6.61 Å². The average Bonchev–Trinajstić information content (AvgIpc) is 3.62. The lowest BCUT2D eigenvalue weighted by molar-refractivity contribution is -0.152. The molecule has 0 aromatic carbocycles. The van der Waals surface area contributed by atoms with Crippen molar-refractivity contribution in [3.63, 3.8) is 0 Å². The normalized spacial score (nSPS) is 23.1. The van der Waals surface area contributed by atoms with Gasteiger partial charge in [0.2, 0.25) is 0 Å². The molecule has 0 amide bonds. The zero-order chi connectivity index (χ0) is 23.9. The fourth-order valence-electron chi connectivity index (χ4n) is 5.66. The fourth-order valence-corrected chi connectivity index (χ4v) is 7.63. The van der Waals surface area contributed by atoms with Crippen molar-refractivity contribution in [2.24, 2.45) is 0 Å². The second kappa shape index (κ2) is 13.1. The molecule has 5 nitrogen and oxygen atoms in total. The van der Waals surface area contributed by atoms with Gasteiger partial charge in [0.25, 0.3) is 0 Å². The third-order valence-corrected chi connectivity index (χ3v) is 9.45. The van der Waals surface area contributed by atoms with E-state index < -0.39 is 16.8 Å². The number of carbonyl (C=O) groups is 2. The van der Waals surface area contributed by atoms with E-state index in [0.717, 1.165) is 62.9 Å².